The monoisotopic (exact) mass is 465 g/mol. The van der Waals surface area contributed by atoms with E-state index in [0.29, 0.717) is 35.5 Å². The van der Waals surface area contributed by atoms with Gasteiger partial charge < -0.3 is 14.1 Å². The van der Waals surface area contributed by atoms with E-state index in [4.69, 9.17) is 21.4 Å². The number of aromatic nitrogens is 1. The Hall–Kier alpha value is -2.21. The molecule has 8 nitrogen and oxygen atoms in total. The summed E-state index contributed by atoms with van der Waals surface area (Å²) in [5, 5.41) is -0.175. The van der Waals surface area contributed by atoms with Crippen LogP contribution in [0.5, 0.6) is 0 Å². The maximum atomic E-state index is 13.3. The van der Waals surface area contributed by atoms with Crippen molar-refractivity contribution in [3.63, 3.8) is 0 Å². The molecule has 2 fully saturated rings. The zero-order valence-corrected chi connectivity index (χ0v) is 18.8. The van der Waals surface area contributed by atoms with Crippen LogP contribution in [-0.4, -0.2) is 61.9 Å². The molecule has 0 aliphatic carbocycles. The van der Waals surface area contributed by atoms with Crippen LogP contribution in [0.2, 0.25) is 0 Å². The number of aryl methyl sites for hydroxylation is 1. The Balaban J connectivity index is 1.80. The molecule has 11 heteroatoms. The maximum absolute atomic E-state index is 13.3. The van der Waals surface area contributed by atoms with Gasteiger partial charge in [0, 0.05) is 26.2 Å². The molecule has 0 unspecified atom stereocenters. The highest BCUT2D eigenvalue weighted by molar-refractivity contribution is 8.26. The summed E-state index contributed by atoms with van der Waals surface area (Å²) in [4.78, 5) is 20.2. The summed E-state index contributed by atoms with van der Waals surface area (Å²) >= 11 is 6.26. The normalized spacial score (nSPS) is 19.2. The SMILES string of the molecule is Cc1ccc(S(=O)(=O)c2nc(C=C3SC(=S)N(C)C3=O)oc2N2CCOCC2)cc1. The molecule has 2 aliphatic heterocycles. The average molecular weight is 466 g/mol. The summed E-state index contributed by atoms with van der Waals surface area (Å²) < 4.78 is 38.3. The van der Waals surface area contributed by atoms with Gasteiger partial charge in [-0.1, -0.05) is 41.7 Å². The minimum atomic E-state index is -3.93. The lowest BCUT2D eigenvalue weighted by atomic mass is 10.2. The van der Waals surface area contributed by atoms with Gasteiger partial charge in [-0.15, -0.1) is 0 Å². The molecule has 30 heavy (non-hydrogen) atoms. The highest BCUT2D eigenvalue weighted by Gasteiger charge is 2.33. The largest absolute Gasteiger partial charge is 0.420 e. The average Bonchev–Trinajstić information content (AvgIpc) is 3.27. The number of hydrogen-bond donors (Lipinski definition) is 0. The second kappa shape index (κ2) is 8.14. The molecular weight excluding hydrogens is 446 g/mol. The van der Waals surface area contributed by atoms with Crippen LogP contribution in [0.15, 0.2) is 43.5 Å². The predicted molar refractivity (Wildman–Crippen MR) is 117 cm³/mol. The quantitative estimate of drug-likeness (QED) is 0.499. The van der Waals surface area contributed by atoms with Crippen molar-refractivity contribution >= 4 is 56.0 Å². The summed E-state index contributed by atoms with van der Waals surface area (Å²) in [7, 11) is -2.34. The predicted octanol–water partition coefficient (Wildman–Crippen LogP) is 2.48. The van der Waals surface area contributed by atoms with Crippen LogP contribution in [0.1, 0.15) is 11.5 Å². The Morgan fingerprint density at radius 1 is 1.20 bits per heavy atom. The number of amides is 1. The number of ether oxygens (including phenoxy) is 1. The van der Waals surface area contributed by atoms with E-state index in [1.165, 1.54) is 11.0 Å². The first-order valence-corrected chi connectivity index (χ1v) is 11.8. The Morgan fingerprint density at radius 3 is 2.47 bits per heavy atom. The van der Waals surface area contributed by atoms with Crippen molar-refractivity contribution in [1.82, 2.24) is 9.88 Å². The van der Waals surface area contributed by atoms with Gasteiger partial charge in [0.05, 0.1) is 23.0 Å². The lowest BCUT2D eigenvalue weighted by Gasteiger charge is -2.26. The Labute approximate surface area is 183 Å². The number of morpholine rings is 1. The van der Waals surface area contributed by atoms with E-state index in [1.54, 1.807) is 36.2 Å². The van der Waals surface area contributed by atoms with Gasteiger partial charge in [-0.2, -0.15) is 4.98 Å². The minimum Gasteiger partial charge on any atom is -0.420 e. The van der Waals surface area contributed by atoms with Crippen LogP contribution in [0.25, 0.3) is 6.08 Å². The molecule has 2 saturated heterocycles. The number of carbonyl (C=O) groups excluding carboxylic acids is 1. The van der Waals surface area contributed by atoms with Gasteiger partial charge in [0.2, 0.25) is 26.6 Å². The zero-order valence-electron chi connectivity index (χ0n) is 16.3. The standard InChI is InChI=1S/C19H19N3O5S3/c1-12-3-5-13(6-4-12)30(24,25)16-18(22-7-9-26-10-8-22)27-15(20-16)11-14-17(23)21(2)19(28)29-14/h3-6,11H,7-10H2,1-2H3. The second-order valence-electron chi connectivity index (χ2n) is 6.82. The molecule has 1 amide bonds. The third-order valence-corrected chi connectivity index (χ3v) is 7.87. The molecule has 0 radical (unpaired) electrons. The van der Waals surface area contributed by atoms with Crippen LogP contribution in [0.4, 0.5) is 5.88 Å². The Kier molecular flexibility index (Phi) is 5.71. The molecule has 0 N–H and O–H groups in total. The number of rotatable bonds is 4. The molecular formula is C19H19N3O5S3. The number of hydrogen-bond acceptors (Lipinski definition) is 9. The van der Waals surface area contributed by atoms with E-state index in [2.05, 4.69) is 4.98 Å². The molecule has 4 rings (SSSR count). The molecule has 0 saturated carbocycles. The summed E-state index contributed by atoms with van der Waals surface area (Å²) in [5.41, 5.74) is 0.949. The first-order chi connectivity index (χ1) is 14.3. The van der Waals surface area contributed by atoms with Gasteiger partial charge >= 0.3 is 0 Å². The van der Waals surface area contributed by atoms with Gasteiger partial charge in [-0.3, -0.25) is 9.69 Å². The lowest BCUT2D eigenvalue weighted by Crippen LogP contribution is -2.36. The number of oxazole rings is 1. The second-order valence-corrected chi connectivity index (χ2v) is 10.4. The first kappa shape index (κ1) is 21.0. The zero-order chi connectivity index (χ0) is 21.5. The number of benzene rings is 1. The van der Waals surface area contributed by atoms with Crippen LogP contribution in [0, 0.1) is 6.92 Å². The smallest absolute Gasteiger partial charge is 0.266 e. The molecule has 2 aromatic rings. The van der Waals surface area contributed by atoms with E-state index < -0.39 is 9.84 Å². The third-order valence-electron chi connectivity index (χ3n) is 4.72. The van der Waals surface area contributed by atoms with Crippen LogP contribution in [-0.2, 0) is 19.4 Å². The van der Waals surface area contributed by atoms with Gasteiger partial charge in [0.1, 0.15) is 4.32 Å². The fourth-order valence-electron chi connectivity index (χ4n) is 3.00. The number of thiocarbonyl (C=S) groups is 1. The minimum absolute atomic E-state index is 0.0381. The van der Waals surface area contributed by atoms with Crippen molar-refractivity contribution in [1.29, 1.82) is 0 Å². The number of sulfone groups is 1. The fraction of sp³-hybridized carbons (Fsp3) is 0.316. The summed E-state index contributed by atoms with van der Waals surface area (Å²) in [6.45, 7) is 3.74. The van der Waals surface area contributed by atoms with Crippen LogP contribution in [0.3, 0.4) is 0 Å². The van der Waals surface area contributed by atoms with E-state index in [1.807, 2.05) is 6.92 Å². The van der Waals surface area contributed by atoms with Gasteiger partial charge in [0.15, 0.2) is 0 Å². The molecule has 1 aromatic heterocycles. The Morgan fingerprint density at radius 2 is 1.87 bits per heavy atom. The van der Waals surface area contributed by atoms with Crippen molar-refractivity contribution in [2.45, 2.75) is 16.8 Å². The van der Waals surface area contributed by atoms with Gasteiger partial charge in [-0.05, 0) is 19.1 Å². The van der Waals surface area contributed by atoms with Gasteiger partial charge in [-0.25, -0.2) is 8.42 Å². The van der Waals surface area contributed by atoms with Crippen molar-refractivity contribution in [2.24, 2.45) is 0 Å². The lowest BCUT2D eigenvalue weighted by molar-refractivity contribution is -0.121. The first-order valence-electron chi connectivity index (χ1n) is 9.14. The number of thioether (sulfide) groups is 1. The van der Waals surface area contributed by atoms with E-state index in [0.717, 1.165) is 17.3 Å². The number of likely N-dealkylation sites (N-methyl/N-ethyl adjacent to an activating group) is 1. The maximum Gasteiger partial charge on any atom is 0.266 e. The molecule has 3 heterocycles. The molecule has 1 aromatic carbocycles. The van der Waals surface area contributed by atoms with Crippen molar-refractivity contribution in [3.05, 3.63) is 40.6 Å². The van der Waals surface area contributed by atoms with E-state index >= 15 is 0 Å². The number of nitrogens with zero attached hydrogens (tertiary/aromatic N) is 3. The highest BCUT2D eigenvalue weighted by atomic mass is 32.2. The van der Waals surface area contributed by atoms with Crippen molar-refractivity contribution in [3.8, 4) is 0 Å². The van der Waals surface area contributed by atoms with Crippen LogP contribution < -0.4 is 4.90 Å². The molecule has 2 aliphatic rings. The molecule has 0 spiro atoms. The van der Waals surface area contributed by atoms with Crippen molar-refractivity contribution in [2.75, 3.05) is 38.3 Å². The molecule has 158 valence electrons. The summed E-state index contributed by atoms with van der Waals surface area (Å²) in [6, 6.07) is 6.55. The molecule has 0 atom stereocenters. The highest BCUT2D eigenvalue weighted by Crippen LogP contribution is 2.35. The van der Waals surface area contributed by atoms with E-state index in [9.17, 15) is 13.2 Å². The number of carbonyl (C=O) groups is 1. The van der Waals surface area contributed by atoms with Gasteiger partial charge in [0.25, 0.3) is 5.91 Å². The number of anilines is 1. The Bertz CT molecular complexity index is 1130. The van der Waals surface area contributed by atoms with E-state index in [-0.39, 0.29) is 27.6 Å². The summed E-state index contributed by atoms with van der Waals surface area (Å²) in [6.07, 6.45) is 1.43. The molecule has 0 bridgehead atoms. The topological polar surface area (TPSA) is 93.0 Å². The third kappa shape index (κ3) is 3.89. The van der Waals surface area contributed by atoms with Crippen LogP contribution >= 0.6 is 24.0 Å². The summed E-state index contributed by atoms with van der Waals surface area (Å²) in [5.74, 6) is -0.0905. The fourth-order valence-corrected chi connectivity index (χ4v) is 5.48. The van der Waals surface area contributed by atoms with Crippen molar-refractivity contribution < 1.29 is 22.4 Å².